The fourth-order valence-corrected chi connectivity index (χ4v) is 4.27. The lowest BCUT2D eigenvalue weighted by Gasteiger charge is -2.37. The maximum atomic E-state index is 13.5. The van der Waals surface area contributed by atoms with Crippen molar-refractivity contribution in [3.05, 3.63) is 65.7 Å². The van der Waals surface area contributed by atoms with Crippen LogP contribution in [0.4, 0.5) is 10.5 Å². The third-order valence-electron chi connectivity index (χ3n) is 6.07. The Hall–Kier alpha value is -2.83. The standard InChI is InChI=1S/C23H26N4O2/c1-27(22(29)26-23(24)14-8-3-9-15-23)19-13-7-6-12-18(19)21(25-16-20(27)28)17-10-4-2-5-11-17/h2,4-7,10-13H,3,8-9,14-16,24H2,1H3/p+1/t27-/m1/s1. The van der Waals surface area contributed by atoms with Crippen LogP contribution in [0.1, 0.15) is 43.2 Å². The van der Waals surface area contributed by atoms with Crippen molar-refractivity contribution in [1.82, 2.24) is 9.80 Å². The van der Waals surface area contributed by atoms with Gasteiger partial charge in [-0.25, -0.2) is 9.59 Å². The number of hydrogen-bond donors (Lipinski definition) is 2. The van der Waals surface area contributed by atoms with E-state index in [2.05, 4.69) is 10.3 Å². The first-order valence-electron chi connectivity index (χ1n) is 10.2. The quantitative estimate of drug-likeness (QED) is 0.608. The van der Waals surface area contributed by atoms with E-state index in [1.165, 1.54) is 0 Å². The van der Waals surface area contributed by atoms with Crippen LogP contribution in [0.2, 0.25) is 0 Å². The predicted molar refractivity (Wildman–Crippen MR) is 115 cm³/mol. The van der Waals surface area contributed by atoms with Crippen molar-refractivity contribution < 1.29 is 9.59 Å². The Kier molecular flexibility index (Phi) is 5.06. The minimum absolute atomic E-state index is 0.0690. The van der Waals surface area contributed by atoms with Crippen molar-refractivity contribution in [2.75, 3.05) is 13.6 Å². The average Bonchev–Trinajstić information content (AvgIpc) is 2.85. The van der Waals surface area contributed by atoms with Crippen LogP contribution in [0.3, 0.4) is 0 Å². The highest BCUT2D eigenvalue weighted by molar-refractivity contribution is 6.21. The first-order valence-corrected chi connectivity index (χ1v) is 10.2. The van der Waals surface area contributed by atoms with E-state index in [-0.39, 0.29) is 12.5 Å². The molecule has 6 nitrogen and oxygen atoms in total. The summed E-state index contributed by atoms with van der Waals surface area (Å²) in [6.45, 7) is -0.0690. The Morgan fingerprint density at radius 2 is 1.69 bits per heavy atom. The number of rotatable bonds is 2. The largest absolute Gasteiger partial charge is 0.430 e. The van der Waals surface area contributed by atoms with E-state index in [1.807, 2.05) is 54.6 Å². The Labute approximate surface area is 171 Å². The number of fused-ring (bicyclic) bond motifs is 1. The molecule has 0 saturated heterocycles. The number of likely N-dealkylation sites (N-methyl/N-ethyl adjacent to an activating group) is 1. The van der Waals surface area contributed by atoms with Crippen molar-refractivity contribution in [1.29, 1.82) is 0 Å². The summed E-state index contributed by atoms with van der Waals surface area (Å²) >= 11 is 0. The molecular formula is C23H27N4O2+. The molecule has 29 heavy (non-hydrogen) atoms. The van der Waals surface area contributed by atoms with Crippen molar-refractivity contribution in [2.45, 2.75) is 37.8 Å². The monoisotopic (exact) mass is 391 g/mol. The maximum Gasteiger partial charge on any atom is 0.430 e. The molecule has 0 bridgehead atoms. The van der Waals surface area contributed by atoms with Gasteiger partial charge in [0, 0.05) is 11.6 Å². The molecule has 3 N–H and O–H groups in total. The minimum Gasteiger partial charge on any atom is -0.309 e. The summed E-state index contributed by atoms with van der Waals surface area (Å²) in [5.74, 6) is -0.278. The smallest absolute Gasteiger partial charge is 0.309 e. The van der Waals surface area contributed by atoms with Gasteiger partial charge in [-0.05, 0) is 31.7 Å². The second-order valence-electron chi connectivity index (χ2n) is 8.09. The van der Waals surface area contributed by atoms with Crippen LogP contribution in [-0.2, 0) is 4.79 Å². The number of urea groups is 1. The Morgan fingerprint density at radius 1 is 1.03 bits per heavy atom. The van der Waals surface area contributed by atoms with E-state index >= 15 is 0 Å². The summed E-state index contributed by atoms with van der Waals surface area (Å²) in [5.41, 5.74) is 8.76. The van der Waals surface area contributed by atoms with Gasteiger partial charge in [-0.15, -0.1) is 4.48 Å². The Bertz CT molecular complexity index is 964. The molecule has 3 amide bonds. The number of nitrogens with two attached hydrogens (primary N) is 1. The van der Waals surface area contributed by atoms with Crippen LogP contribution >= 0.6 is 0 Å². The number of aliphatic imine (C=N–C) groups is 1. The van der Waals surface area contributed by atoms with Gasteiger partial charge in [0.25, 0.3) is 0 Å². The molecule has 2 aliphatic rings. The maximum absolute atomic E-state index is 13.5. The highest BCUT2D eigenvalue weighted by Gasteiger charge is 2.48. The number of nitrogens with one attached hydrogen (secondary N) is 1. The Balaban J connectivity index is 1.77. The fourth-order valence-electron chi connectivity index (χ4n) is 4.27. The SMILES string of the molecule is C[N@+]1(C(=O)NC2(N)CCCCC2)C(=O)CN=C(c2ccccc2)c2ccccc21. The van der Waals surface area contributed by atoms with Crippen LogP contribution in [0, 0.1) is 0 Å². The number of para-hydroxylation sites is 1. The van der Waals surface area contributed by atoms with Crippen molar-refractivity contribution >= 4 is 23.3 Å². The molecule has 0 unspecified atom stereocenters. The number of benzene rings is 2. The topological polar surface area (TPSA) is 84.5 Å². The van der Waals surface area contributed by atoms with Gasteiger partial charge >= 0.3 is 11.9 Å². The van der Waals surface area contributed by atoms with E-state index in [0.717, 1.165) is 48.9 Å². The van der Waals surface area contributed by atoms with Gasteiger partial charge in [0.15, 0.2) is 12.2 Å². The van der Waals surface area contributed by atoms with Crippen molar-refractivity contribution in [2.24, 2.45) is 10.7 Å². The first kappa shape index (κ1) is 19.5. The average molecular weight is 391 g/mol. The molecule has 6 heteroatoms. The molecule has 2 aromatic carbocycles. The van der Waals surface area contributed by atoms with Gasteiger partial charge in [-0.1, -0.05) is 48.9 Å². The molecule has 1 atom stereocenters. The summed E-state index contributed by atoms with van der Waals surface area (Å²) in [5, 5.41) is 3.00. The number of carbonyl (C=O) groups is 2. The highest BCUT2D eigenvalue weighted by atomic mass is 16.2. The Morgan fingerprint density at radius 3 is 2.41 bits per heavy atom. The number of hydrogen-bond acceptors (Lipinski definition) is 4. The van der Waals surface area contributed by atoms with E-state index in [0.29, 0.717) is 5.69 Å². The molecule has 0 spiro atoms. The molecule has 0 aromatic heterocycles. The number of imide groups is 1. The lowest BCUT2D eigenvalue weighted by Crippen LogP contribution is -2.67. The minimum atomic E-state index is -0.763. The third-order valence-corrected chi connectivity index (χ3v) is 6.07. The molecule has 1 heterocycles. The van der Waals surface area contributed by atoms with Crippen LogP contribution in [0.25, 0.3) is 0 Å². The molecule has 150 valence electrons. The molecular weight excluding hydrogens is 364 g/mol. The third kappa shape index (κ3) is 3.50. The second-order valence-corrected chi connectivity index (χ2v) is 8.09. The van der Waals surface area contributed by atoms with Crippen LogP contribution < -0.4 is 15.5 Å². The predicted octanol–water partition coefficient (Wildman–Crippen LogP) is 3.33. The zero-order valence-electron chi connectivity index (χ0n) is 16.7. The summed E-state index contributed by atoms with van der Waals surface area (Å²) in [6.07, 6.45) is 4.52. The van der Waals surface area contributed by atoms with Crippen LogP contribution in [0.15, 0.2) is 59.6 Å². The van der Waals surface area contributed by atoms with Gasteiger partial charge in [0.05, 0.1) is 24.0 Å². The normalized spacial score (nSPS) is 23.5. The summed E-state index contributed by atoms with van der Waals surface area (Å²) in [7, 11) is 1.64. The number of nitrogens with zero attached hydrogens (tertiary/aromatic N) is 2. The molecule has 1 saturated carbocycles. The summed E-state index contributed by atoms with van der Waals surface area (Å²) in [6, 6.07) is 16.9. The lowest BCUT2D eigenvalue weighted by molar-refractivity contribution is -0.125. The molecule has 4 rings (SSSR count). The van der Waals surface area contributed by atoms with Crippen LogP contribution in [-0.4, -0.2) is 36.9 Å². The first-order chi connectivity index (χ1) is 13.9. The van der Waals surface area contributed by atoms with E-state index in [1.54, 1.807) is 7.05 Å². The van der Waals surface area contributed by atoms with E-state index in [4.69, 9.17) is 5.73 Å². The number of carbonyl (C=O) groups excluding carboxylic acids is 2. The number of amides is 3. The van der Waals surface area contributed by atoms with E-state index < -0.39 is 16.2 Å². The molecule has 1 fully saturated rings. The van der Waals surface area contributed by atoms with Gasteiger partial charge in [-0.3, -0.25) is 10.3 Å². The summed E-state index contributed by atoms with van der Waals surface area (Å²) in [4.78, 5) is 31.3. The zero-order valence-corrected chi connectivity index (χ0v) is 16.7. The molecule has 1 aliphatic carbocycles. The molecule has 2 aromatic rings. The van der Waals surface area contributed by atoms with E-state index in [9.17, 15) is 9.59 Å². The fraction of sp³-hybridized carbons (Fsp3) is 0.348. The van der Waals surface area contributed by atoms with Gasteiger partial charge in [0.1, 0.15) is 0 Å². The summed E-state index contributed by atoms with van der Waals surface area (Å²) < 4.78 is -0.491. The van der Waals surface area contributed by atoms with Crippen molar-refractivity contribution in [3.8, 4) is 0 Å². The number of benzodiazepines with no additional fused rings is 1. The second kappa shape index (κ2) is 7.54. The highest BCUT2D eigenvalue weighted by Crippen LogP contribution is 2.33. The van der Waals surface area contributed by atoms with Crippen LogP contribution in [0.5, 0.6) is 0 Å². The lowest BCUT2D eigenvalue weighted by atomic mass is 9.90. The van der Waals surface area contributed by atoms with Crippen molar-refractivity contribution in [3.63, 3.8) is 0 Å². The molecule has 0 radical (unpaired) electrons. The number of quaternary nitrogens is 1. The molecule has 1 aliphatic heterocycles. The van der Waals surface area contributed by atoms with Gasteiger partial charge < -0.3 is 5.73 Å². The zero-order chi connectivity index (χ0) is 20.5. The van der Waals surface area contributed by atoms with Gasteiger partial charge in [-0.2, -0.15) is 0 Å². The van der Waals surface area contributed by atoms with Gasteiger partial charge in [0.2, 0.25) is 0 Å².